The highest BCUT2D eigenvalue weighted by Crippen LogP contribution is 2.36. The number of carbonyl (C=O) groups excluding carboxylic acids is 1. The highest BCUT2D eigenvalue weighted by molar-refractivity contribution is 7.89. The maximum atomic E-state index is 13.8. The van der Waals surface area contributed by atoms with Crippen LogP contribution in [0, 0.1) is 0 Å². The molecule has 0 saturated carbocycles. The summed E-state index contributed by atoms with van der Waals surface area (Å²) in [4.78, 5) is 17.2. The molecule has 1 amide bonds. The molecule has 1 aliphatic rings. The van der Waals surface area contributed by atoms with E-state index in [-0.39, 0.29) is 23.8 Å². The van der Waals surface area contributed by atoms with E-state index in [9.17, 15) is 13.2 Å². The van der Waals surface area contributed by atoms with Crippen LogP contribution in [-0.2, 0) is 34.3 Å². The molecule has 1 aromatic heterocycles. The fourth-order valence-electron chi connectivity index (χ4n) is 4.47. The van der Waals surface area contributed by atoms with Gasteiger partial charge in [-0.3, -0.25) is 9.80 Å². The Bertz CT molecular complexity index is 1700. The number of ether oxygens (including phenoxy) is 2. The standard InChI is InChI=1S/C29H28ClN5O5S/c1-39-23-11-9-20(26(16-23)40-2)18-33-41(37,38)27-15-22(34-28(36)14-19-6-3-4-8-24(19)30)10-12-25(27)35-29-21(17-32-35)7-5-13-31-29/h3-13,15-16,32-33H,14,17-18H2,1-2H3,(H,34,36). The first kappa shape index (κ1) is 28.4. The monoisotopic (exact) mass is 593 g/mol. The van der Waals surface area contributed by atoms with E-state index in [0.29, 0.717) is 51.4 Å². The molecular formula is C29H28ClN5O5S. The van der Waals surface area contributed by atoms with Crippen molar-refractivity contribution in [3.63, 3.8) is 0 Å². The number of halogens is 1. The molecule has 0 unspecified atom stereocenters. The summed E-state index contributed by atoms with van der Waals surface area (Å²) < 4.78 is 40.9. The number of pyridine rings is 1. The van der Waals surface area contributed by atoms with E-state index < -0.39 is 10.0 Å². The molecule has 0 bridgehead atoms. The average molecular weight is 594 g/mol. The molecule has 5 rings (SSSR count). The number of carbonyl (C=O) groups is 1. The lowest BCUT2D eigenvalue weighted by molar-refractivity contribution is -0.115. The Balaban J connectivity index is 1.46. The van der Waals surface area contributed by atoms with Crippen LogP contribution >= 0.6 is 11.6 Å². The van der Waals surface area contributed by atoms with Crippen LogP contribution in [0.4, 0.5) is 17.2 Å². The summed E-state index contributed by atoms with van der Waals surface area (Å²) in [6.07, 6.45) is 1.68. The Morgan fingerprint density at radius 3 is 2.63 bits per heavy atom. The van der Waals surface area contributed by atoms with Crippen LogP contribution in [0.3, 0.4) is 0 Å². The molecule has 0 saturated heterocycles. The first-order chi connectivity index (χ1) is 19.8. The van der Waals surface area contributed by atoms with E-state index in [1.54, 1.807) is 65.8 Å². The molecule has 0 atom stereocenters. The molecule has 0 spiro atoms. The molecule has 4 aromatic rings. The normalized spacial score (nSPS) is 12.6. The Kier molecular flexibility index (Phi) is 8.41. The van der Waals surface area contributed by atoms with Gasteiger partial charge in [0.2, 0.25) is 15.9 Å². The zero-order chi connectivity index (χ0) is 29.0. The first-order valence-corrected chi connectivity index (χ1v) is 14.5. The summed E-state index contributed by atoms with van der Waals surface area (Å²) in [5, 5.41) is 4.90. The number of aromatic nitrogens is 1. The molecule has 10 nitrogen and oxygen atoms in total. The van der Waals surface area contributed by atoms with Gasteiger partial charge in [-0.05, 0) is 42.0 Å². The van der Waals surface area contributed by atoms with Gasteiger partial charge in [-0.25, -0.2) is 23.5 Å². The minimum absolute atomic E-state index is 0.0317. The minimum Gasteiger partial charge on any atom is -0.497 e. The summed E-state index contributed by atoms with van der Waals surface area (Å²) in [5.74, 6) is 1.32. The molecule has 0 fully saturated rings. The summed E-state index contributed by atoms with van der Waals surface area (Å²) in [7, 11) is -1.07. The highest BCUT2D eigenvalue weighted by Gasteiger charge is 2.29. The predicted molar refractivity (Wildman–Crippen MR) is 157 cm³/mol. The second-order valence-corrected chi connectivity index (χ2v) is 11.3. The van der Waals surface area contributed by atoms with Gasteiger partial charge in [0.1, 0.15) is 16.4 Å². The maximum absolute atomic E-state index is 13.8. The van der Waals surface area contributed by atoms with Gasteiger partial charge in [0, 0.05) is 47.2 Å². The van der Waals surface area contributed by atoms with Crippen LogP contribution in [0.2, 0.25) is 5.02 Å². The maximum Gasteiger partial charge on any atom is 0.243 e. The van der Waals surface area contributed by atoms with Crippen molar-refractivity contribution < 1.29 is 22.7 Å². The minimum atomic E-state index is -4.11. The Hall–Kier alpha value is -4.16. The van der Waals surface area contributed by atoms with Gasteiger partial charge in [0.15, 0.2) is 5.82 Å². The van der Waals surface area contributed by atoms with Crippen molar-refractivity contribution in [3.05, 3.63) is 101 Å². The third-order valence-electron chi connectivity index (χ3n) is 6.54. The number of hydrogen-bond acceptors (Lipinski definition) is 8. The third kappa shape index (κ3) is 6.28. The highest BCUT2D eigenvalue weighted by atomic mass is 35.5. The summed E-state index contributed by atoms with van der Waals surface area (Å²) in [5.41, 5.74) is 6.06. The molecule has 2 heterocycles. The van der Waals surface area contributed by atoms with Crippen molar-refractivity contribution >= 4 is 44.7 Å². The summed E-state index contributed by atoms with van der Waals surface area (Å²) >= 11 is 6.21. The van der Waals surface area contributed by atoms with Gasteiger partial charge < -0.3 is 14.8 Å². The van der Waals surface area contributed by atoms with Crippen molar-refractivity contribution in [1.82, 2.24) is 15.1 Å². The van der Waals surface area contributed by atoms with Gasteiger partial charge >= 0.3 is 0 Å². The number of fused-ring (bicyclic) bond motifs is 1. The zero-order valence-corrected chi connectivity index (χ0v) is 23.9. The molecule has 1 aliphatic heterocycles. The molecule has 3 aromatic carbocycles. The topological polar surface area (TPSA) is 122 Å². The van der Waals surface area contributed by atoms with Crippen LogP contribution in [0.25, 0.3) is 0 Å². The lowest BCUT2D eigenvalue weighted by Crippen LogP contribution is -2.31. The third-order valence-corrected chi connectivity index (χ3v) is 8.34. The Morgan fingerprint density at radius 2 is 1.85 bits per heavy atom. The van der Waals surface area contributed by atoms with Gasteiger partial charge in [0.05, 0.1) is 26.3 Å². The van der Waals surface area contributed by atoms with E-state index in [4.69, 9.17) is 21.1 Å². The van der Waals surface area contributed by atoms with Crippen LogP contribution in [0.15, 0.2) is 83.9 Å². The van der Waals surface area contributed by atoms with Crippen molar-refractivity contribution in [3.8, 4) is 11.5 Å². The van der Waals surface area contributed by atoms with E-state index >= 15 is 0 Å². The van der Waals surface area contributed by atoms with Crippen LogP contribution in [0.5, 0.6) is 11.5 Å². The Morgan fingerprint density at radius 1 is 1.02 bits per heavy atom. The molecule has 0 radical (unpaired) electrons. The smallest absolute Gasteiger partial charge is 0.243 e. The van der Waals surface area contributed by atoms with E-state index in [1.807, 2.05) is 12.1 Å². The molecule has 41 heavy (non-hydrogen) atoms. The molecule has 0 aliphatic carbocycles. The number of sulfonamides is 1. The molecule has 3 N–H and O–H groups in total. The molecular weight excluding hydrogens is 566 g/mol. The SMILES string of the molecule is COc1ccc(CNS(=O)(=O)c2cc(NC(=O)Cc3ccccc3Cl)ccc2N2NCc3cccnc32)c(OC)c1. The lowest BCUT2D eigenvalue weighted by Gasteiger charge is -2.22. The second-order valence-electron chi connectivity index (χ2n) is 9.16. The number of methoxy groups -OCH3 is 2. The van der Waals surface area contributed by atoms with Crippen LogP contribution in [-0.4, -0.2) is 33.5 Å². The zero-order valence-electron chi connectivity index (χ0n) is 22.3. The van der Waals surface area contributed by atoms with Crippen molar-refractivity contribution in [1.29, 1.82) is 0 Å². The molecule has 12 heteroatoms. The Labute approximate surface area is 243 Å². The quantitative estimate of drug-likeness (QED) is 0.244. The summed E-state index contributed by atoms with van der Waals surface area (Å²) in [6, 6.07) is 20.6. The van der Waals surface area contributed by atoms with Crippen molar-refractivity contribution in [2.24, 2.45) is 0 Å². The van der Waals surface area contributed by atoms with Crippen molar-refractivity contribution in [2.45, 2.75) is 24.4 Å². The molecule has 212 valence electrons. The first-order valence-electron chi connectivity index (χ1n) is 12.6. The number of hydrazine groups is 1. The van der Waals surface area contributed by atoms with Crippen LogP contribution in [0.1, 0.15) is 16.7 Å². The number of hydrogen-bond donors (Lipinski definition) is 3. The number of anilines is 3. The number of benzene rings is 3. The van der Waals surface area contributed by atoms with Gasteiger partial charge in [-0.15, -0.1) is 0 Å². The fraction of sp³-hybridized carbons (Fsp3) is 0.172. The number of nitrogens with one attached hydrogen (secondary N) is 3. The van der Waals surface area contributed by atoms with E-state index in [2.05, 4.69) is 20.4 Å². The largest absolute Gasteiger partial charge is 0.497 e. The number of amides is 1. The number of nitrogens with zero attached hydrogens (tertiary/aromatic N) is 2. The van der Waals surface area contributed by atoms with Gasteiger partial charge in [-0.2, -0.15) is 0 Å². The van der Waals surface area contributed by atoms with E-state index in [0.717, 1.165) is 5.56 Å². The number of rotatable bonds is 10. The summed E-state index contributed by atoms with van der Waals surface area (Å²) in [6.45, 7) is 0.440. The predicted octanol–water partition coefficient (Wildman–Crippen LogP) is 4.57. The van der Waals surface area contributed by atoms with E-state index in [1.165, 1.54) is 20.3 Å². The van der Waals surface area contributed by atoms with Gasteiger partial charge in [0.25, 0.3) is 0 Å². The fourth-order valence-corrected chi connectivity index (χ4v) is 5.89. The second kappa shape index (κ2) is 12.1. The van der Waals surface area contributed by atoms with Gasteiger partial charge in [-0.1, -0.05) is 41.9 Å². The van der Waals surface area contributed by atoms with Crippen LogP contribution < -0.4 is 29.9 Å². The van der Waals surface area contributed by atoms with Crippen molar-refractivity contribution in [2.75, 3.05) is 24.5 Å². The average Bonchev–Trinajstić information content (AvgIpc) is 3.41. The lowest BCUT2D eigenvalue weighted by atomic mass is 10.1.